The van der Waals surface area contributed by atoms with Gasteiger partial charge in [-0.05, 0) is 19.3 Å². The zero-order valence-corrected chi connectivity index (χ0v) is 8.96. The maximum atomic E-state index is 10.8. The molecule has 0 aliphatic rings. The van der Waals surface area contributed by atoms with Crippen LogP contribution in [0.15, 0.2) is 0 Å². The summed E-state index contributed by atoms with van der Waals surface area (Å²) in [6, 6.07) is 0. The molecule has 1 N–H and O–H groups in total. The van der Waals surface area contributed by atoms with E-state index >= 15 is 0 Å². The number of rotatable bonds is 8. The molecule has 4 nitrogen and oxygen atoms in total. The van der Waals surface area contributed by atoms with Crippen LogP contribution < -0.4 is 0 Å². The summed E-state index contributed by atoms with van der Waals surface area (Å²) in [5.41, 5.74) is 0. The van der Waals surface area contributed by atoms with Crippen molar-refractivity contribution in [3.8, 4) is 0 Å². The minimum atomic E-state index is -0.780. The van der Waals surface area contributed by atoms with Gasteiger partial charge in [-0.2, -0.15) is 12.6 Å². The number of carboxylic acids is 1. The van der Waals surface area contributed by atoms with E-state index in [1.165, 1.54) is 0 Å². The molecule has 0 unspecified atom stereocenters. The highest BCUT2D eigenvalue weighted by atomic mass is 32.1. The van der Waals surface area contributed by atoms with E-state index in [0.717, 1.165) is 12.8 Å². The summed E-state index contributed by atoms with van der Waals surface area (Å²) < 4.78 is 4.85. The van der Waals surface area contributed by atoms with Crippen molar-refractivity contribution < 1.29 is 19.4 Å². The molecule has 14 heavy (non-hydrogen) atoms. The van der Waals surface area contributed by atoms with E-state index in [2.05, 4.69) is 12.6 Å². The molecule has 0 saturated carbocycles. The molecule has 0 bridgehead atoms. The van der Waals surface area contributed by atoms with E-state index in [1.54, 1.807) is 0 Å². The lowest BCUT2D eigenvalue weighted by Gasteiger charge is -2.02. The molecular weight excluding hydrogens is 204 g/mol. The number of aliphatic carboxylic acids is 1. The van der Waals surface area contributed by atoms with Crippen molar-refractivity contribution in [1.29, 1.82) is 0 Å². The molecule has 0 fully saturated rings. The first-order valence-electron chi connectivity index (χ1n) is 4.65. The van der Waals surface area contributed by atoms with Crippen molar-refractivity contribution in [3.05, 3.63) is 0 Å². The van der Waals surface area contributed by atoms with Gasteiger partial charge in [-0.1, -0.05) is 0 Å². The third kappa shape index (κ3) is 9.38. The second kappa shape index (κ2) is 8.87. The summed E-state index contributed by atoms with van der Waals surface area (Å²) in [6.07, 6.45) is 2.66. The van der Waals surface area contributed by atoms with Crippen molar-refractivity contribution in [1.82, 2.24) is 0 Å². The Bertz CT molecular complexity index is 182. The molecule has 0 radical (unpaired) electrons. The number of carboxylic acid groups (broad SMARTS) is 1. The summed E-state index contributed by atoms with van der Waals surface area (Å²) >= 11 is 3.89. The second-order valence-corrected chi connectivity index (χ2v) is 3.35. The number of thiol groups is 1. The van der Waals surface area contributed by atoms with Gasteiger partial charge < -0.3 is 9.84 Å². The summed E-state index contributed by atoms with van der Waals surface area (Å²) in [4.78, 5) is 21.0. The summed E-state index contributed by atoms with van der Waals surface area (Å²) in [7, 11) is 0. The molecule has 82 valence electrons. The van der Waals surface area contributed by atoms with Gasteiger partial charge in [0.1, 0.15) is 0 Å². The van der Waals surface area contributed by atoms with Gasteiger partial charge in [0.2, 0.25) is 0 Å². The van der Waals surface area contributed by atoms with Crippen LogP contribution >= 0.6 is 12.6 Å². The van der Waals surface area contributed by atoms with Gasteiger partial charge >= 0.3 is 11.9 Å². The molecule has 0 rings (SSSR count). The van der Waals surface area contributed by atoms with Crippen LogP contribution in [-0.2, 0) is 14.3 Å². The normalized spacial score (nSPS) is 9.79. The summed E-state index contributed by atoms with van der Waals surface area (Å²) in [5.74, 6) is -0.520. The first-order valence-corrected chi connectivity index (χ1v) is 5.28. The molecule has 0 aromatic heterocycles. The molecule has 0 aliphatic carbocycles. The first kappa shape index (κ1) is 13.3. The lowest BCUT2D eigenvalue weighted by molar-refractivity contribution is -0.143. The molecule has 0 saturated heterocycles. The van der Waals surface area contributed by atoms with Crippen molar-refractivity contribution >= 4 is 24.6 Å². The molecule has 0 heterocycles. The van der Waals surface area contributed by atoms with Crippen LogP contribution in [0.3, 0.4) is 0 Å². The van der Waals surface area contributed by atoms with Gasteiger partial charge in [0, 0.05) is 12.2 Å². The molecule has 0 aromatic rings. The Labute approximate surface area is 89.0 Å². The standard InChI is InChI=1S/C9H16O4S/c10-8(11)4-2-1-3-6-13-9(12)5-7-14/h14H,1-7H2,(H,10,11). The first-order chi connectivity index (χ1) is 6.66. The van der Waals surface area contributed by atoms with Crippen LogP contribution in [0.4, 0.5) is 0 Å². The predicted molar refractivity (Wildman–Crippen MR) is 55.5 cm³/mol. The number of ether oxygens (including phenoxy) is 1. The zero-order valence-electron chi connectivity index (χ0n) is 8.07. The lowest BCUT2D eigenvalue weighted by Crippen LogP contribution is -2.06. The van der Waals surface area contributed by atoms with Crippen molar-refractivity contribution in [2.75, 3.05) is 12.4 Å². The highest BCUT2D eigenvalue weighted by molar-refractivity contribution is 7.80. The zero-order chi connectivity index (χ0) is 10.8. The highest BCUT2D eigenvalue weighted by Gasteiger charge is 2.00. The molecular formula is C9H16O4S. The average molecular weight is 220 g/mol. The minimum Gasteiger partial charge on any atom is -0.481 e. The Kier molecular flexibility index (Phi) is 8.42. The van der Waals surface area contributed by atoms with Gasteiger partial charge in [0.25, 0.3) is 0 Å². The van der Waals surface area contributed by atoms with Crippen LogP contribution in [0.2, 0.25) is 0 Å². The Hall–Kier alpha value is -0.710. The maximum absolute atomic E-state index is 10.8. The average Bonchev–Trinajstić information content (AvgIpc) is 2.11. The second-order valence-electron chi connectivity index (χ2n) is 2.90. The van der Waals surface area contributed by atoms with Crippen LogP contribution in [0.5, 0.6) is 0 Å². The molecule has 0 spiro atoms. The van der Waals surface area contributed by atoms with E-state index in [0.29, 0.717) is 25.2 Å². The maximum Gasteiger partial charge on any atom is 0.306 e. The van der Waals surface area contributed by atoms with E-state index in [9.17, 15) is 9.59 Å². The number of carbonyl (C=O) groups is 2. The SMILES string of the molecule is O=C(O)CCCCCOC(=O)CCS. The van der Waals surface area contributed by atoms with Crippen molar-refractivity contribution in [2.24, 2.45) is 0 Å². The predicted octanol–water partition coefficient (Wildman–Crippen LogP) is 1.49. The van der Waals surface area contributed by atoms with Crippen LogP contribution in [0, 0.1) is 0 Å². The number of hydrogen-bond donors (Lipinski definition) is 2. The van der Waals surface area contributed by atoms with Crippen LogP contribution in [-0.4, -0.2) is 29.4 Å². The molecule has 5 heteroatoms. The Morgan fingerprint density at radius 3 is 2.43 bits per heavy atom. The highest BCUT2D eigenvalue weighted by Crippen LogP contribution is 2.00. The number of esters is 1. The van der Waals surface area contributed by atoms with Gasteiger partial charge in [0.15, 0.2) is 0 Å². The Balaban J connectivity index is 3.13. The number of hydrogen-bond acceptors (Lipinski definition) is 4. The quantitative estimate of drug-likeness (QED) is 0.369. The summed E-state index contributed by atoms with van der Waals surface area (Å²) in [6.45, 7) is 0.381. The molecule has 0 atom stereocenters. The molecule has 0 aromatic carbocycles. The summed E-state index contributed by atoms with van der Waals surface area (Å²) in [5, 5.41) is 8.33. The third-order valence-electron chi connectivity index (χ3n) is 1.61. The topological polar surface area (TPSA) is 63.6 Å². The largest absolute Gasteiger partial charge is 0.481 e. The molecule has 0 aliphatic heterocycles. The van der Waals surface area contributed by atoms with Crippen molar-refractivity contribution in [3.63, 3.8) is 0 Å². The van der Waals surface area contributed by atoms with Gasteiger partial charge in [-0.15, -0.1) is 0 Å². The van der Waals surface area contributed by atoms with Crippen LogP contribution in [0.25, 0.3) is 0 Å². The van der Waals surface area contributed by atoms with Gasteiger partial charge in [-0.3, -0.25) is 9.59 Å². The third-order valence-corrected chi connectivity index (χ3v) is 1.84. The Morgan fingerprint density at radius 1 is 1.14 bits per heavy atom. The fraction of sp³-hybridized carbons (Fsp3) is 0.778. The minimum absolute atomic E-state index is 0.185. The van der Waals surface area contributed by atoms with Gasteiger partial charge in [-0.25, -0.2) is 0 Å². The Morgan fingerprint density at radius 2 is 1.86 bits per heavy atom. The molecule has 0 amide bonds. The van der Waals surface area contributed by atoms with Gasteiger partial charge in [0.05, 0.1) is 13.0 Å². The van der Waals surface area contributed by atoms with E-state index in [1.807, 2.05) is 0 Å². The fourth-order valence-corrected chi connectivity index (χ4v) is 1.09. The van der Waals surface area contributed by atoms with E-state index < -0.39 is 5.97 Å². The monoisotopic (exact) mass is 220 g/mol. The fourth-order valence-electron chi connectivity index (χ4n) is 0.905. The van der Waals surface area contributed by atoms with Crippen LogP contribution in [0.1, 0.15) is 32.1 Å². The van der Waals surface area contributed by atoms with E-state index in [4.69, 9.17) is 9.84 Å². The number of carbonyl (C=O) groups excluding carboxylic acids is 1. The number of unbranched alkanes of at least 4 members (excludes halogenated alkanes) is 2. The smallest absolute Gasteiger partial charge is 0.306 e. The van der Waals surface area contributed by atoms with E-state index in [-0.39, 0.29) is 12.4 Å². The lowest BCUT2D eigenvalue weighted by atomic mass is 10.2. The van der Waals surface area contributed by atoms with Crippen molar-refractivity contribution in [2.45, 2.75) is 32.1 Å².